The topological polar surface area (TPSA) is 85.3 Å². The van der Waals surface area contributed by atoms with Gasteiger partial charge in [-0.2, -0.15) is 4.31 Å². The second-order valence-corrected chi connectivity index (χ2v) is 8.27. The fourth-order valence-corrected chi connectivity index (χ4v) is 5.03. The normalized spacial score (nSPS) is 21.4. The van der Waals surface area contributed by atoms with Crippen molar-refractivity contribution in [2.24, 2.45) is 0 Å². The Bertz CT molecular complexity index is 918. The van der Waals surface area contributed by atoms with E-state index in [0.717, 1.165) is 5.56 Å². The number of hydrogen-bond donors (Lipinski definition) is 1. The van der Waals surface area contributed by atoms with E-state index < -0.39 is 22.2 Å². The second kappa shape index (κ2) is 7.38. The van der Waals surface area contributed by atoms with Gasteiger partial charge in [-0.05, 0) is 30.2 Å². The van der Waals surface area contributed by atoms with E-state index in [1.807, 2.05) is 0 Å². The fourth-order valence-electron chi connectivity index (χ4n) is 3.43. The summed E-state index contributed by atoms with van der Waals surface area (Å²) in [5.74, 6) is 1.41. The molecule has 0 spiro atoms. The Labute approximate surface area is 159 Å². The number of nitrogens with zero attached hydrogens (tertiary/aromatic N) is 1. The Balaban J connectivity index is 2.03. The highest BCUT2D eigenvalue weighted by molar-refractivity contribution is 7.89. The monoisotopic (exact) mass is 393 g/mol. The number of sulfonamides is 1. The van der Waals surface area contributed by atoms with Gasteiger partial charge < -0.3 is 19.3 Å². The average molecular weight is 393 g/mol. The van der Waals surface area contributed by atoms with Gasteiger partial charge in [-0.25, -0.2) is 8.42 Å². The van der Waals surface area contributed by atoms with Crippen molar-refractivity contribution in [1.82, 2.24) is 4.31 Å². The number of rotatable bonds is 5. The minimum atomic E-state index is -3.68. The highest BCUT2D eigenvalue weighted by Gasteiger charge is 2.41. The summed E-state index contributed by atoms with van der Waals surface area (Å²) in [5.41, 5.74) is 1.17. The standard InChI is InChI=1S/C19H23NO6S/c1-20-14(18(21)13-7-5-6-8-17(13)27(20,22)23)9-12-10-15(24-2)19(26-4)16(11-12)25-3/h5-8,10-11,14,18,21H,9H2,1-4H3/t14-,18-/m1/s1. The molecule has 0 saturated carbocycles. The first-order chi connectivity index (χ1) is 12.8. The minimum Gasteiger partial charge on any atom is -0.493 e. The molecule has 0 fully saturated rings. The maximum atomic E-state index is 12.8. The third-order valence-electron chi connectivity index (χ3n) is 4.90. The Morgan fingerprint density at radius 1 is 1.04 bits per heavy atom. The van der Waals surface area contributed by atoms with Crippen molar-refractivity contribution >= 4 is 10.0 Å². The predicted octanol–water partition coefficient (Wildman–Crippen LogP) is 1.99. The summed E-state index contributed by atoms with van der Waals surface area (Å²) in [7, 11) is 2.35. The number of aliphatic hydroxyl groups is 1. The zero-order chi connectivity index (χ0) is 19.8. The highest BCUT2D eigenvalue weighted by atomic mass is 32.2. The van der Waals surface area contributed by atoms with E-state index in [4.69, 9.17) is 14.2 Å². The maximum absolute atomic E-state index is 12.8. The fraction of sp³-hybridized carbons (Fsp3) is 0.368. The Hall–Kier alpha value is -2.29. The van der Waals surface area contributed by atoms with Crippen molar-refractivity contribution in [2.45, 2.75) is 23.5 Å². The van der Waals surface area contributed by atoms with E-state index in [9.17, 15) is 13.5 Å². The van der Waals surface area contributed by atoms with Crippen LogP contribution in [0.5, 0.6) is 17.2 Å². The van der Waals surface area contributed by atoms with E-state index in [2.05, 4.69) is 0 Å². The van der Waals surface area contributed by atoms with E-state index in [-0.39, 0.29) is 11.3 Å². The van der Waals surface area contributed by atoms with Crippen molar-refractivity contribution < 1.29 is 27.7 Å². The molecule has 0 radical (unpaired) electrons. The lowest BCUT2D eigenvalue weighted by molar-refractivity contribution is 0.0891. The van der Waals surface area contributed by atoms with Gasteiger partial charge in [0.05, 0.1) is 38.4 Å². The third-order valence-corrected chi connectivity index (χ3v) is 6.85. The van der Waals surface area contributed by atoms with Crippen molar-refractivity contribution in [3.63, 3.8) is 0 Å². The summed E-state index contributed by atoms with van der Waals surface area (Å²) in [6.45, 7) is 0. The SMILES string of the molecule is COc1cc(C[C@@H]2[C@H](O)c3ccccc3S(=O)(=O)N2C)cc(OC)c1OC. The van der Waals surface area contributed by atoms with Crippen molar-refractivity contribution in [3.8, 4) is 17.2 Å². The van der Waals surface area contributed by atoms with Crippen LogP contribution in [0.25, 0.3) is 0 Å². The Morgan fingerprint density at radius 2 is 1.63 bits per heavy atom. The molecule has 1 aliphatic heterocycles. The van der Waals surface area contributed by atoms with Gasteiger partial charge in [0.1, 0.15) is 0 Å². The first-order valence-corrected chi connectivity index (χ1v) is 9.83. The lowest BCUT2D eigenvalue weighted by atomic mass is 9.95. The molecule has 146 valence electrons. The van der Waals surface area contributed by atoms with Crippen LogP contribution in [0.4, 0.5) is 0 Å². The van der Waals surface area contributed by atoms with Gasteiger partial charge in [0.25, 0.3) is 0 Å². The van der Waals surface area contributed by atoms with E-state index >= 15 is 0 Å². The van der Waals surface area contributed by atoms with Crippen LogP contribution < -0.4 is 14.2 Å². The zero-order valence-corrected chi connectivity index (χ0v) is 16.5. The number of fused-ring (bicyclic) bond motifs is 1. The molecule has 2 aromatic rings. The first-order valence-electron chi connectivity index (χ1n) is 8.39. The Kier molecular flexibility index (Phi) is 5.32. The van der Waals surface area contributed by atoms with Crippen LogP contribution in [-0.4, -0.2) is 52.2 Å². The van der Waals surface area contributed by atoms with Crippen molar-refractivity contribution in [1.29, 1.82) is 0 Å². The molecule has 0 bridgehead atoms. The van der Waals surface area contributed by atoms with Crippen LogP contribution in [0.15, 0.2) is 41.3 Å². The largest absolute Gasteiger partial charge is 0.493 e. The van der Waals surface area contributed by atoms with Crippen molar-refractivity contribution in [2.75, 3.05) is 28.4 Å². The van der Waals surface area contributed by atoms with E-state index in [1.54, 1.807) is 30.3 Å². The predicted molar refractivity (Wildman–Crippen MR) is 99.9 cm³/mol. The summed E-state index contributed by atoms with van der Waals surface area (Å²) >= 11 is 0. The van der Waals surface area contributed by atoms with Crippen LogP contribution in [0.3, 0.4) is 0 Å². The van der Waals surface area contributed by atoms with Gasteiger partial charge in [-0.15, -0.1) is 0 Å². The summed E-state index contributed by atoms with van der Waals surface area (Å²) in [5, 5.41) is 10.8. The molecule has 8 heteroatoms. The summed E-state index contributed by atoms with van der Waals surface area (Å²) in [6, 6.07) is 9.39. The number of benzene rings is 2. The molecule has 3 rings (SSSR count). The Morgan fingerprint density at radius 3 is 2.19 bits per heavy atom. The molecule has 2 aromatic carbocycles. The molecule has 0 amide bonds. The molecule has 0 aromatic heterocycles. The molecular weight excluding hydrogens is 370 g/mol. The summed E-state index contributed by atoms with van der Waals surface area (Å²) in [6.07, 6.45) is -0.670. The van der Waals surface area contributed by atoms with Crippen LogP contribution in [0, 0.1) is 0 Å². The second-order valence-electron chi connectivity index (χ2n) is 6.31. The first kappa shape index (κ1) is 19.5. The zero-order valence-electron chi connectivity index (χ0n) is 15.7. The lowest BCUT2D eigenvalue weighted by Gasteiger charge is -2.37. The number of ether oxygens (including phenoxy) is 3. The molecular formula is C19H23NO6S. The molecule has 2 atom stereocenters. The molecule has 1 heterocycles. The summed E-state index contributed by atoms with van der Waals surface area (Å²) < 4.78 is 42.9. The third kappa shape index (κ3) is 3.24. The number of hydrogen-bond acceptors (Lipinski definition) is 6. The quantitative estimate of drug-likeness (QED) is 0.836. The molecule has 7 nitrogen and oxygen atoms in total. The van der Waals surface area contributed by atoms with E-state index in [0.29, 0.717) is 22.8 Å². The van der Waals surface area contributed by atoms with Crippen LogP contribution in [0.2, 0.25) is 0 Å². The van der Waals surface area contributed by atoms with Crippen molar-refractivity contribution in [3.05, 3.63) is 47.5 Å². The van der Waals surface area contributed by atoms with Gasteiger partial charge in [-0.3, -0.25) is 0 Å². The molecule has 0 unspecified atom stereocenters. The van der Waals surface area contributed by atoms with Crippen LogP contribution in [-0.2, 0) is 16.4 Å². The number of methoxy groups -OCH3 is 3. The number of aliphatic hydroxyl groups excluding tert-OH is 1. The lowest BCUT2D eigenvalue weighted by Crippen LogP contribution is -2.46. The van der Waals surface area contributed by atoms with Gasteiger partial charge in [0, 0.05) is 12.6 Å². The number of likely N-dealkylation sites (N-methyl/N-ethyl adjacent to an activating group) is 1. The van der Waals surface area contributed by atoms with Gasteiger partial charge in [0.2, 0.25) is 15.8 Å². The van der Waals surface area contributed by atoms with Gasteiger partial charge >= 0.3 is 0 Å². The molecule has 0 aliphatic carbocycles. The van der Waals surface area contributed by atoms with Gasteiger partial charge in [0.15, 0.2) is 11.5 Å². The highest BCUT2D eigenvalue weighted by Crippen LogP contribution is 2.41. The average Bonchev–Trinajstić information content (AvgIpc) is 2.69. The minimum absolute atomic E-state index is 0.140. The van der Waals surface area contributed by atoms with Crippen LogP contribution in [0.1, 0.15) is 17.2 Å². The molecule has 0 saturated heterocycles. The molecule has 1 aliphatic rings. The van der Waals surface area contributed by atoms with E-state index in [1.165, 1.54) is 38.7 Å². The maximum Gasteiger partial charge on any atom is 0.243 e. The molecule has 1 N–H and O–H groups in total. The smallest absolute Gasteiger partial charge is 0.243 e. The summed E-state index contributed by atoms with van der Waals surface area (Å²) in [4.78, 5) is 0.140. The molecule has 27 heavy (non-hydrogen) atoms. The van der Waals surface area contributed by atoms with Gasteiger partial charge in [-0.1, -0.05) is 18.2 Å². The van der Waals surface area contributed by atoms with Crippen LogP contribution >= 0.6 is 0 Å².